The van der Waals surface area contributed by atoms with Crippen LogP contribution in [0.25, 0.3) is 5.57 Å². The monoisotopic (exact) mass is 353 g/mol. The number of benzene rings is 1. The first-order valence-electron chi connectivity index (χ1n) is 8.08. The molecule has 0 fully saturated rings. The number of amides is 1. The lowest BCUT2D eigenvalue weighted by Gasteiger charge is -2.17. The Morgan fingerprint density at radius 2 is 1.92 bits per heavy atom. The lowest BCUT2D eigenvalue weighted by atomic mass is 10.1. The molecule has 0 saturated carbocycles. The van der Waals surface area contributed by atoms with Crippen molar-refractivity contribution in [2.24, 2.45) is 5.84 Å². The summed E-state index contributed by atoms with van der Waals surface area (Å²) >= 11 is 1.60. The number of carbonyl (C=O) groups is 1. The molecule has 5 heteroatoms. The number of thiazole rings is 1. The summed E-state index contributed by atoms with van der Waals surface area (Å²) in [7, 11) is 0. The normalized spacial score (nSPS) is 12.6. The van der Waals surface area contributed by atoms with Crippen molar-refractivity contribution in [1.82, 2.24) is 9.99 Å². The van der Waals surface area contributed by atoms with E-state index in [9.17, 15) is 4.79 Å². The average Bonchev–Trinajstić information content (AvgIpc) is 3.05. The molecule has 1 aromatic carbocycles. The third-order valence-electron chi connectivity index (χ3n) is 3.68. The number of nitrogens with two attached hydrogens (primary N) is 1. The van der Waals surface area contributed by atoms with Gasteiger partial charge in [0.15, 0.2) is 0 Å². The number of rotatable bonds is 6. The Labute approximate surface area is 153 Å². The van der Waals surface area contributed by atoms with Gasteiger partial charge in [-0.25, -0.2) is 10.8 Å². The summed E-state index contributed by atoms with van der Waals surface area (Å²) in [6.45, 7) is 6.13. The second-order valence-electron chi connectivity index (χ2n) is 5.49. The van der Waals surface area contributed by atoms with Crippen LogP contribution in [-0.4, -0.2) is 15.9 Å². The lowest BCUT2D eigenvalue weighted by molar-refractivity contribution is -0.127. The molecule has 130 valence electrons. The van der Waals surface area contributed by atoms with Gasteiger partial charge in [-0.3, -0.25) is 9.80 Å². The van der Waals surface area contributed by atoms with Gasteiger partial charge in [0.2, 0.25) is 0 Å². The van der Waals surface area contributed by atoms with Gasteiger partial charge in [-0.15, -0.1) is 11.3 Å². The molecule has 25 heavy (non-hydrogen) atoms. The van der Waals surface area contributed by atoms with Crippen LogP contribution in [-0.2, 0) is 11.3 Å². The van der Waals surface area contributed by atoms with E-state index in [2.05, 4.69) is 4.98 Å². The molecule has 1 aromatic heterocycles. The Morgan fingerprint density at radius 1 is 1.20 bits per heavy atom. The molecule has 0 aliphatic carbocycles. The summed E-state index contributed by atoms with van der Waals surface area (Å²) in [6, 6.07) is 9.68. The maximum absolute atomic E-state index is 12.6. The summed E-state index contributed by atoms with van der Waals surface area (Å²) in [4.78, 5) is 17.0. The quantitative estimate of drug-likeness (QED) is 0.277. The van der Waals surface area contributed by atoms with Gasteiger partial charge in [-0.1, -0.05) is 48.6 Å². The zero-order valence-electron chi connectivity index (χ0n) is 14.8. The molecule has 0 aliphatic rings. The maximum atomic E-state index is 12.6. The Kier molecular flexibility index (Phi) is 6.86. The van der Waals surface area contributed by atoms with Crippen molar-refractivity contribution in [2.45, 2.75) is 27.3 Å². The summed E-state index contributed by atoms with van der Waals surface area (Å²) in [5, 5.41) is 4.26. The van der Waals surface area contributed by atoms with E-state index < -0.39 is 0 Å². The van der Waals surface area contributed by atoms with E-state index in [-0.39, 0.29) is 5.91 Å². The molecule has 0 aliphatic heterocycles. The molecular weight excluding hydrogens is 330 g/mol. The molecule has 0 bridgehead atoms. The Morgan fingerprint density at radius 3 is 2.48 bits per heavy atom. The van der Waals surface area contributed by atoms with Gasteiger partial charge < -0.3 is 0 Å². The number of hydrazine groups is 1. The largest absolute Gasteiger partial charge is 0.272 e. The molecule has 0 radical (unpaired) electrons. The van der Waals surface area contributed by atoms with Gasteiger partial charge in [-0.2, -0.15) is 0 Å². The molecular formula is C20H23N3OS. The number of aromatic nitrogens is 1. The second-order valence-corrected chi connectivity index (χ2v) is 6.55. The fourth-order valence-corrected chi connectivity index (χ4v) is 2.94. The van der Waals surface area contributed by atoms with Crippen LogP contribution in [0.3, 0.4) is 0 Å². The average molecular weight is 353 g/mol. The number of allylic oxidation sites excluding steroid dienone is 4. The van der Waals surface area contributed by atoms with Crippen molar-refractivity contribution in [3.63, 3.8) is 0 Å². The number of nitrogens with zero attached hydrogens (tertiary/aromatic N) is 2. The number of carbonyl (C=O) groups excluding carboxylic acids is 1. The van der Waals surface area contributed by atoms with Crippen LogP contribution in [0.4, 0.5) is 0 Å². The van der Waals surface area contributed by atoms with Crippen molar-refractivity contribution in [3.05, 3.63) is 81.9 Å². The predicted molar refractivity (Wildman–Crippen MR) is 105 cm³/mol. The fourth-order valence-electron chi connectivity index (χ4n) is 2.31. The summed E-state index contributed by atoms with van der Waals surface area (Å²) in [5.74, 6) is 5.75. The van der Waals surface area contributed by atoms with E-state index in [1.807, 2.05) is 68.6 Å². The molecule has 0 saturated heterocycles. The molecule has 0 unspecified atom stereocenters. The van der Waals surface area contributed by atoms with E-state index >= 15 is 0 Å². The molecule has 2 aromatic rings. The lowest BCUT2D eigenvalue weighted by Crippen LogP contribution is -2.37. The van der Waals surface area contributed by atoms with Crippen LogP contribution in [0.5, 0.6) is 0 Å². The first-order chi connectivity index (χ1) is 12.0. The van der Waals surface area contributed by atoms with Gasteiger partial charge >= 0.3 is 0 Å². The number of hydrogen-bond donors (Lipinski definition) is 1. The number of aryl methyl sites for hydroxylation is 1. The van der Waals surface area contributed by atoms with Crippen LogP contribution in [0, 0.1) is 6.92 Å². The Hall–Kier alpha value is -2.50. The SMILES string of the molecule is C\C=C(/C=C\C(=C/C)c1csc(C)n1)C(=O)N(N)Cc1ccccc1. The summed E-state index contributed by atoms with van der Waals surface area (Å²) < 4.78 is 0. The van der Waals surface area contributed by atoms with Gasteiger partial charge in [0.25, 0.3) is 5.91 Å². The third kappa shape index (κ3) is 5.24. The van der Waals surface area contributed by atoms with Crippen molar-refractivity contribution in [3.8, 4) is 0 Å². The van der Waals surface area contributed by atoms with Crippen LogP contribution >= 0.6 is 11.3 Å². The molecule has 2 N–H and O–H groups in total. The Balaban J connectivity index is 2.09. The van der Waals surface area contributed by atoms with E-state index in [0.717, 1.165) is 21.8 Å². The number of hydrogen-bond acceptors (Lipinski definition) is 4. The zero-order valence-corrected chi connectivity index (χ0v) is 15.6. The highest BCUT2D eigenvalue weighted by Gasteiger charge is 2.13. The molecule has 2 rings (SSSR count). The van der Waals surface area contributed by atoms with E-state index in [1.54, 1.807) is 23.5 Å². The van der Waals surface area contributed by atoms with Gasteiger partial charge in [0, 0.05) is 11.0 Å². The van der Waals surface area contributed by atoms with Crippen molar-refractivity contribution in [1.29, 1.82) is 0 Å². The highest BCUT2D eigenvalue weighted by atomic mass is 32.1. The summed E-state index contributed by atoms with van der Waals surface area (Å²) in [6.07, 6.45) is 7.44. The van der Waals surface area contributed by atoms with Crippen LogP contribution in [0.15, 0.2) is 65.6 Å². The third-order valence-corrected chi connectivity index (χ3v) is 4.46. The van der Waals surface area contributed by atoms with E-state index in [0.29, 0.717) is 12.1 Å². The fraction of sp³-hybridized carbons (Fsp3) is 0.200. The predicted octanol–water partition coefficient (Wildman–Crippen LogP) is 4.26. The molecule has 0 atom stereocenters. The van der Waals surface area contributed by atoms with E-state index in [1.165, 1.54) is 5.01 Å². The van der Waals surface area contributed by atoms with Gasteiger partial charge in [0.1, 0.15) is 0 Å². The highest BCUT2D eigenvalue weighted by molar-refractivity contribution is 7.09. The van der Waals surface area contributed by atoms with E-state index in [4.69, 9.17) is 5.84 Å². The van der Waals surface area contributed by atoms with Crippen molar-refractivity contribution >= 4 is 22.8 Å². The minimum absolute atomic E-state index is 0.215. The Bertz CT molecular complexity index is 803. The standard InChI is InChI=1S/C20H23N3OS/c1-4-17(19-14-25-15(3)22-19)11-12-18(5-2)20(24)23(21)13-16-9-7-6-8-10-16/h4-12,14H,13,21H2,1-3H3/b12-11-,17-4+,18-5+. The summed E-state index contributed by atoms with van der Waals surface area (Å²) in [5.41, 5.74) is 3.43. The smallest absolute Gasteiger partial charge is 0.267 e. The highest BCUT2D eigenvalue weighted by Crippen LogP contribution is 2.19. The second kappa shape index (κ2) is 9.11. The first-order valence-corrected chi connectivity index (χ1v) is 8.96. The van der Waals surface area contributed by atoms with Crippen LogP contribution in [0.1, 0.15) is 30.1 Å². The van der Waals surface area contributed by atoms with Crippen LogP contribution < -0.4 is 5.84 Å². The minimum Gasteiger partial charge on any atom is -0.272 e. The van der Waals surface area contributed by atoms with Gasteiger partial charge in [-0.05, 0) is 38.0 Å². The van der Waals surface area contributed by atoms with Gasteiger partial charge in [0.05, 0.1) is 17.2 Å². The maximum Gasteiger partial charge on any atom is 0.267 e. The van der Waals surface area contributed by atoms with Crippen LogP contribution in [0.2, 0.25) is 0 Å². The molecule has 1 amide bonds. The van der Waals surface area contributed by atoms with Crippen molar-refractivity contribution in [2.75, 3.05) is 0 Å². The molecule has 4 nitrogen and oxygen atoms in total. The first kappa shape index (κ1) is 18.8. The van der Waals surface area contributed by atoms with Crippen molar-refractivity contribution < 1.29 is 4.79 Å². The minimum atomic E-state index is -0.215. The topological polar surface area (TPSA) is 59.2 Å². The molecule has 0 spiro atoms. The zero-order chi connectivity index (χ0) is 18.2. The molecule has 1 heterocycles.